The molecule has 200 valence electrons. The van der Waals surface area contributed by atoms with Gasteiger partial charge in [0.2, 0.25) is 0 Å². The number of hydrogen-bond donors (Lipinski definition) is 0. The van der Waals surface area contributed by atoms with Crippen LogP contribution in [0.1, 0.15) is 43.5 Å². The third-order valence-electron chi connectivity index (χ3n) is 7.77. The number of sulfone groups is 1. The summed E-state index contributed by atoms with van der Waals surface area (Å²) < 4.78 is 24.8. The maximum atomic E-state index is 11.5. The summed E-state index contributed by atoms with van der Waals surface area (Å²) in [5.41, 5.74) is 3.33. The van der Waals surface area contributed by atoms with E-state index in [4.69, 9.17) is 38.3 Å². The van der Waals surface area contributed by atoms with E-state index in [9.17, 15) is 8.42 Å². The number of aromatic nitrogens is 4. The maximum Gasteiger partial charge on any atom is 0.179 e. The monoisotopic (exact) mass is 564 g/mol. The summed E-state index contributed by atoms with van der Waals surface area (Å²) in [5.74, 6) is 2.40. The number of halogens is 2. The van der Waals surface area contributed by atoms with Crippen molar-refractivity contribution in [3.63, 3.8) is 0 Å². The highest BCUT2D eigenvalue weighted by Crippen LogP contribution is 2.35. The Morgan fingerprint density at radius 3 is 2.68 bits per heavy atom. The van der Waals surface area contributed by atoms with Gasteiger partial charge in [-0.2, -0.15) is 5.10 Å². The van der Waals surface area contributed by atoms with Gasteiger partial charge in [-0.1, -0.05) is 29.3 Å². The minimum absolute atomic E-state index is 0.120. The number of piperidine rings is 1. The Kier molecular flexibility index (Phi) is 7.69. The van der Waals surface area contributed by atoms with Crippen LogP contribution in [0, 0.1) is 18.8 Å². The zero-order valence-corrected chi connectivity index (χ0v) is 23.9. The van der Waals surface area contributed by atoms with Gasteiger partial charge in [-0.15, -0.1) is 0 Å². The van der Waals surface area contributed by atoms with Crippen LogP contribution in [0.3, 0.4) is 0 Å². The normalized spacial score (nSPS) is 20.4. The third kappa shape index (κ3) is 5.90. The zero-order chi connectivity index (χ0) is 26.3. The first-order chi connectivity index (χ1) is 17.6. The number of likely N-dealkylation sites (tertiary alicyclic amines) is 1. The van der Waals surface area contributed by atoms with Crippen molar-refractivity contribution in [2.24, 2.45) is 11.8 Å². The molecule has 5 rings (SSSR count). The molecule has 0 saturated carbocycles. The first-order valence-electron chi connectivity index (χ1n) is 12.9. The van der Waals surface area contributed by atoms with Gasteiger partial charge >= 0.3 is 0 Å². The second-order valence-corrected chi connectivity index (χ2v) is 13.7. The molecule has 0 bridgehead atoms. The summed E-state index contributed by atoms with van der Waals surface area (Å²) in [4.78, 5) is 14.5. The van der Waals surface area contributed by atoms with E-state index in [1.807, 2.05) is 29.9 Å². The lowest BCUT2D eigenvalue weighted by Gasteiger charge is -2.47. The average Bonchev–Trinajstić information content (AvgIpc) is 3.13. The third-order valence-corrected chi connectivity index (χ3v) is 9.36. The number of anilines is 1. The summed E-state index contributed by atoms with van der Waals surface area (Å²) in [6.45, 7) is 8.92. The largest absolute Gasteiger partial charge is 0.355 e. The van der Waals surface area contributed by atoms with Crippen molar-refractivity contribution in [2.45, 2.75) is 39.2 Å². The first kappa shape index (κ1) is 26.7. The fraction of sp³-hybridized carbons (Fsp3) is 0.577. The molecule has 2 saturated heterocycles. The Bertz CT molecular complexity index is 1390. The van der Waals surface area contributed by atoms with Gasteiger partial charge < -0.3 is 9.80 Å². The smallest absolute Gasteiger partial charge is 0.179 e. The van der Waals surface area contributed by atoms with Crippen LogP contribution in [-0.2, 0) is 9.84 Å². The minimum atomic E-state index is -2.89. The molecule has 37 heavy (non-hydrogen) atoms. The van der Waals surface area contributed by atoms with E-state index in [-0.39, 0.29) is 11.8 Å². The fourth-order valence-electron chi connectivity index (χ4n) is 5.66. The van der Waals surface area contributed by atoms with Crippen LogP contribution < -0.4 is 4.90 Å². The maximum absolute atomic E-state index is 11.5. The molecule has 2 fully saturated rings. The van der Waals surface area contributed by atoms with Crippen LogP contribution in [0.25, 0.3) is 11.2 Å². The Labute approximate surface area is 228 Å². The molecule has 2 aromatic heterocycles. The van der Waals surface area contributed by atoms with Crippen LogP contribution in [0.5, 0.6) is 0 Å². The molecular weight excluding hydrogens is 531 g/mol. The lowest BCUT2D eigenvalue weighted by Crippen LogP contribution is -2.54. The molecule has 11 heteroatoms. The molecule has 2 aliphatic rings. The summed E-state index contributed by atoms with van der Waals surface area (Å²) in [5, 5.41) is 5.96. The van der Waals surface area contributed by atoms with Crippen molar-refractivity contribution in [1.29, 1.82) is 0 Å². The molecule has 0 amide bonds. The van der Waals surface area contributed by atoms with Crippen LogP contribution in [-0.4, -0.2) is 77.8 Å². The van der Waals surface area contributed by atoms with Crippen molar-refractivity contribution in [3.05, 3.63) is 45.7 Å². The topological polar surface area (TPSA) is 84.2 Å². The molecular formula is C26H34Cl2N6O2S. The lowest BCUT2D eigenvalue weighted by molar-refractivity contribution is 0.120. The SMILES string of the molecule is Cc1nn([C@H](C)c2ccc(Cl)cc2Cl)c2nc(N3CC([C@@H]4CCCN(CCCS(C)(=O)=O)C4)C3)cnc12. The standard InChI is InChI=1S/C26H34Cl2N6O2S/c1-17-25-26(34(31-17)18(2)22-8-7-21(27)12-23(22)28)30-24(13-29-25)33-15-20(16-33)19-6-4-9-32(14-19)10-5-11-37(3,35)36/h7-8,12-13,18-20H,4-6,9-11,14-16H2,1-3H3/t18-,19-/m1/s1. The van der Waals surface area contributed by atoms with Gasteiger partial charge in [0.1, 0.15) is 21.2 Å². The van der Waals surface area contributed by atoms with Gasteiger partial charge in [0.25, 0.3) is 0 Å². The van der Waals surface area contributed by atoms with E-state index in [1.165, 1.54) is 19.1 Å². The quantitative estimate of drug-likeness (QED) is 0.394. The lowest BCUT2D eigenvalue weighted by atomic mass is 9.80. The van der Waals surface area contributed by atoms with E-state index < -0.39 is 9.84 Å². The highest BCUT2D eigenvalue weighted by atomic mass is 35.5. The van der Waals surface area contributed by atoms with Crippen molar-refractivity contribution in [3.8, 4) is 0 Å². The van der Waals surface area contributed by atoms with E-state index in [0.717, 1.165) is 61.0 Å². The molecule has 2 aliphatic heterocycles. The Hall–Kier alpha value is -1.94. The predicted octanol–water partition coefficient (Wildman–Crippen LogP) is 4.63. The Morgan fingerprint density at radius 1 is 1.16 bits per heavy atom. The summed E-state index contributed by atoms with van der Waals surface area (Å²) in [6, 6.07) is 5.41. The number of fused-ring (bicyclic) bond motifs is 1. The fourth-order valence-corrected chi connectivity index (χ4v) is 6.88. The molecule has 0 radical (unpaired) electrons. The zero-order valence-electron chi connectivity index (χ0n) is 21.6. The van der Waals surface area contributed by atoms with Gasteiger partial charge in [-0.05, 0) is 75.7 Å². The number of hydrogen-bond acceptors (Lipinski definition) is 7. The van der Waals surface area contributed by atoms with Gasteiger partial charge in [0.05, 0.1) is 23.7 Å². The molecule has 1 aromatic carbocycles. The number of nitrogens with zero attached hydrogens (tertiary/aromatic N) is 6. The number of aryl methyl sites for hydroxylation is 1. The highest BCUT2D eigenvalue weighted by molar-refractivity contribution is 7.90. The molecule has 0 aliphatic carbocycles. The molecule has 2 atom stereocenters. The van der Waals surface area contributed by atoms with Crippen molar-refractivity contribution in [1.82, 2.24) is 24.6 Å². The average molecular weight is 566 g/mol. The van der Waals surface area contributed by atoms with E-state index >= 15 is 0 Å². The van der Waals surface area contributed by atoms with Gasteiger partial charge in [0.15, 0.2) is 5.65 Å². The second-order valence-electron chi connectivity index (χ2n) is 10.6. The minimum Gasteiger partial charge on any atom is -0.355 e. The molecule has 0 spiro atoms. The van der Waals surface area contributed by atoms with Crippen LogP contribution in [0.2, 0.25) is 10.0 Å². The van der Waals surface area contributed by atoms with Gasteiger partial charge in [-0.3, -0.25) is 0 Å². The molecule has 0 N–H and O–H groups in total. The van der Waals surface area contributed by atoms with Crippen molar-refractivity contribution in [2.75, 3.05) is 49.6 Å². The number of rotatable bonds is 8. The summed E-state index contributed by atoms with van der Waals surface area (Å²) >= 11 is 12.6. The van der Waals surface area contributed by atoms with Gasteiger partial charge in [0, 0.05) is 35.9 Å². The Balaban J connectivity index is 1.26. The summed E-state index contributed by atoms with van der Waals surface area (Å²) in [6.07, 6.45) is 6.30. The molecule has 0 unspecified atom stereocenters. The highest BCUT2D eigenvalue weighted by Gasteiger charge is 2.36. The van der Waals surface area contributed by atoms with E-state index in [0.29, 0.717) is 28.3 Å². The number of benzene rings is 1. The predicted molar refractivity (Wildman–Crippen MR) is 150 cm³/mol. The van der Waals surface area contributed by atoms with E-state index in [2.05, 4.69) is 16.7 Å². The second kappa shape index (κ2) is 10.7. The van der Waals surface area contributed by atoms with Crippen molar-refractivity contribution >= 4 is 50.0 Å². The molecule has 4 heterocycles. The van der Waals surface area contributed by atoms with Crippen molar-refractivity contribution < 1.29 is 8.42 Å². The summed E-state index contributed by atoms with van der Waals surface area (Å²) in [7, 11) is -2.89. The van der Waals surface area contributed by atoms with E-state index in [1.54, 1.807) is 6.07 Å². The van der Waals surface area contributed by atoms with Crippen LogP contribution >= 0.6 is 23.2 Å². The first-order valence-corrected chi connectivity index (χ1v) is 15.7. The Morgan fingerprint density at radius 2 is 1.95 bits per heavy atom. The van der Waals surface area contributed by atoms with Crippen LogP contribution in [0.4, 0.5) is 5.82 Å². The molecule has 8 nitrogen and oxygen atoms in total. The van der Waals surface area contributed by atoms with Crippen LogP contribution in [0.15, 0.2) is 24.4 Å². The van der Waals surface area contributed by atoms with Gasteiger partial charge in [-0.25, -0.2) is 23.1 Å². The molecule has 3 aromatic rings.